The van der Waals surface area contributed by atoms with Gasteiger partial charge < -0.3 is 0 Å². The SMILES string of the molecule is BrCC1(CSc2ccncc2)CCC1. The van der Waals surface area contributed by atoms with Crippen LogP contribution in [-0.2, 0) is 0 Å². The molecule has 1 aliphatic carbocycles. The number of thioether (sulfide) groups is 1. The topological polar surface area (TPSA) is 12.9 Å². The molecule has 14 heavy (non-hydrogen) atoms. The summed E-state index contributed by atoms with van der Waals surface area (Å²) in [7, 11) is 0. The van der Waals surface area contributed by atoms with Crippen molar-refractivity contribution in [3.63, 3.8) is 0 Å². The van der Waals surface area contributed by atoms with Gasteiger partial charge in [0.25, 0.3) is 0 Å². The second kappa shape index (κ2) is 4.67. The van der Waals surface area contributed by atoms with E-state index in [0.717, 1.165) is 5.33 Å². The molecule has 1 aromatic heterocycles. The van der Waals surface area contributed by atoms with E-state index in [1.165, 1.54) is 29.9 Å². The van der Waals surface area contributed by atoms with Crippen molar-refractivity contribution in [3.8, 4) is 0 Å². The Balaban J connectivity index is 1.88. The van der Waals surface area contributed by atoms with Crippen molar-refractivity contribution >= 4 is 27.7 Å². The maximum atomic E-state index is 4.02. The van der Waals surface area contributed by atoms with Crippen molar-refractivity contribution < 1.29 is 0 Å². The van der Waals surface area contributed by atoms with Crippen LogP contribution >= 0.6 is 27.7 Å². The summed E-state index contributed by atoms with van der Waals surface area (Å²) in [6.45, 7) is 0. The van der Waals surface area contributed by atoms with Crippen LogP contribution in [-0.4, -0.2) is 16.1 Å². The third-order valence-electron chi connectivity index (χ3n) is 2.89. The number of nitrogens with zero attached hydrogens (tertiary/aromatic N) is 1. The Morgan fingerprint density at radius 1 is 1.36 bits per heavy atom. The zero-order chi connectivity index (χ0) is 9.86. The van der Waals surface area contributed by atoms with Crippen LogP contribution in [0.2, 0.25) is 0 Å². The van der Waals surface area contributed by atoms with Crippen LogP contribution in [0.4, 0.5) is 0 Å². The number of halogens is 1. The lowest BCUT2D eigenvalue weighted by molar-refractivity contribution is 0.206. The van der Waals surface area contributed by atoms with Gasteiger partial charge in [0.1, 0.15) is 0 Å². The molecular weight excluding hydrogens is 258 g/mol. The summed E-state index contributed by atoms with van der Waals surface area (Å²) in [5.41, 5.74) is 0.577. The van der Waals surface area contributed by atoms with Gasteiger partial charge in [0.2, 0.25) is 0 Å². The summed E-state index contributed by atoms with van der Waals surface area (Å²) in [6.07, 6.45) is 7.91. The van der Waals surface area contributed by atoms with Gasteiger partial charge in [0.15, 0.2) is 0 Å². The summed E-state index contributed by atoms with van der Waals surface area (Å²) in [5, 5.41) is 1.15. The number of aromatic nitrogens is 1. The standard InChI is InChI=1S/C11H14BrNS/c12-8-11(4-1-5-11)9-14-10-2-6-13-7-3-10/h2-3,6-7H,1,4-5,8-9H2. The molecule has 0 unspecified atom stereocenters. The van der Waals surface area contributed by atoms with Gasteiger partial charge in [-0.15, -0.1) is 11.8 Å². The second-order valence-electron chi connectivity index (χ2n) is 3.96. The van der Waals surface area contributed by atoms with Crippen LogP contribution in [0.25, 0.3) is 0 Å². The average Bonchev–Trinajstić information content (AvgIpc) is 2.19. The third kappa shape index (κ3) is 2.31. The third-order valence-corrected chi connectivity index (χ3v) is 5.44. The zero-order valence-electron chi connectivity index (χ0n) is 8.08. The summed E-state index contributed by atoms with van der Waals surface area (Å²) < 4.78 is 0. The minimum absolute atomic E-state index is 0.577. The quantitative estimate of drug-likeness (QED) is 0.611. The van der Waals surface area contributed by atoms with E-state index < -0.39 is 0 Å². The maximum absolute atomic E-state index is 4.02. The summed E-state index contributed by atoms with van der Waals surface area (Å²) in [5.74, 6) is 1.24. The smallest absolute Gasteiger partial charge is 0.0278 e. The molecule has 0 aromatic carbocycles. The van der Waals surface area contributed by atoms with E-state index in [0.29, 0.717) is 5.41 Å². The van der Waals surface area contributed by atoms with Gasteiger partial charge in [-0.1, -0.05) is 22.4 Å². The van der Waals surface area contributed by atoms with Crippen LogP contribution in [0.3, 0.4) is 0 Å². The molecule has 0 saturated heterocycles. The molecule has 0 radical (unpaired) electrons. The molecule has 0 bridgehead atoms. The Hall–Kier alpha value is -0.0200. The van der Waals surface area contributed by atoms with E-state index in [-0.39, 0.29) is 0 Å². The highest BCUT2D eigenvalue weighted by molar-refractivity contribution is 9.09. The molecule has 76 valence electrons. The van der Waals surface area contributed by atoms with E-state index in [1.807, 2.05) is 24.2 Å². The molecule has 0 atom stereocenters. The van der Waals surface area contributed by atoms with Crippen molar-refractivity contribution in [2.24, 2.45) is 5.41 Å². The first-order chi connectivity index (χ1) is 6.85. The highest BCUT2D eigenvalue weighted by atomic mass is 79.9. The van der Waals surface area contributed by atoms with Gasteiger partial charge in [-0.05, 0) is 30.4 Å². The Morgan fingerprint density at radius 3 is 2.57 bits per heavy atom. The molecule has 0 amide bonds. The molecule has 3 heteroatoms. The molecule has 1 nitrogen and oxygen atoms in total. The second-order valence-corrected chi connectivity index (χ2v) is 5.57. The number of pyridine rings is 1. The van der Waals surface area contributed by atoms with E-state index in [2.05, 4.69) is 33.0 Å². The summed E-state index contributed by atoms with van der Waals surface area (Å²) in [6, 6.07) is 4.18. The van der Waals surface area contributed by atoms with Crippen LogP contribution in [0.1, 0.15) is 19.3 Å². The van der Waals surface area contributed by atoms with Gasteiger partial charge in [-0.3, -0.25) is 4.98 Å². The van der Waals surface area contributed by atoms with Crippen LogP contribution in [0.15, 0.2) is 29.4 Å². The Morgan fingerprint density at radius 2 is 2.07 bits per heavy atom. The summed E-state index contributed by atoms with van der Waals surface area (Å²) in [4.78, 5) is 5.36. The first kappa shape index (κ1) is 10.5. The predicted molar refractivity (Wildman–Crippen MR) is 65.0 cm³/mol. The van der Waals surface area contributed by atoms with Crippen molar-refractivity contribution in [1.82, 2.24) is 4.98 Å². The molecular formula is C11H14BrNS. The average molecular weight is 272 g/mol. The van der Waals surface area contributed by atoms with Crippen molar-refractivity contribution in [1.29, 1.82) is 0 Å². The minimum Gasteiger partial charge on any atom is -0.265 e. The fourth-order valence-corrected chi connectivity index (χ4v) is 3.86. The number of alkyl halides is 1. The Labute approximate surface area is 97.8 Å². The first-order valence-corrected chi connectivity index (χ1v) is 7.04. The lowest BCUT2D eigenvalue weighted by Crippen LogP contribution is -2.33. The Kier molecular flexibility index (Phi) is 3.50. The van der Waals surface area contributed by atoms with Crippen molar-refractivity contribution in [3.05, 3.63) is 24.5 Å². The number of rotatable bonds is 4. The molecule has 0 aliphatic heterocycles. The van der Waals surface area contributed by atoms with E-state index in [1.54, 1.807) is 0 Å². The molecule has 0 spiro atoms. The molecule has 1 aromatic rings. The van der Waals surface area contributed by atoms with Gasteiger partial charge in [-0.25, -0.2) is 0 Å². The lowest BCUT2D eigenvalue weighted by Gasteiger charge is -2.40. The normalized spacial score (nSPS) is 18.9. The molecule has 1 aliphatic rings. The predicted octanol–water partition coefficient (Wildman–Crippen LogP) is 3.74. The zero-order valence-corrected chi connectivity index (χ0v) is 10.5. The largest absolute Gasteiger partial charge is 0.265 e. The van der Waals surface area contributed by atoms with Gasteiger partial charge in [0, 0.05) is 28.4 Å². The van der Waals surface area contributed by atoms with E-state index in [9.17, 15) is 0 Å². The maximum Gasteiger partial charge on any atom is 0.0278 e. The van der Waals surface area contributed by atoms with Gasteiger partial charge >= 0.3 is 0 Å². The number of hydrogen-bond donors (Lipinski definition) is 0. The van der Waals surface area contributed by atoms with Crippen molar-refractivity contribution in [2.75, 3.05) is 11.1 Å². The minimum atomic E-state index is 0.577. The van der Waals surface area contributed by atoms with Crippen molar-refractivity contribution in [2.45, 2.75) is 24.2 Å². The fraction of sp³-hybridized carbons (Fsp3) is 0.545. The highest BCUT2D eigenvalue weighted by Crippen LogP contribution is 2.45. The van der Waals surface area contributed by atoms with Crippen LogP contribution in [0.5, 0.6) is 0 Å². The Bertz CT molecular complexity index is 279. The molecule has 1 saturated carbocycles. The molecule has 1 fully saturated rings. The monoisotopic (exact) mass is 271 g/mol. The summed E-state index contributed by atoms with van der Waals surface area (Å²) >= 11 is 5.59. The molecule has 1 heterocycles. The lowest BCUT2D eigenvalue weighted by atomic mass is 9.72. The van der Waals surface area contributed by atoms with Crippen LogP contribution < -0.4 is 0 Å². The molecule has 2 rings (SSSR count). The van der Waals surface area contributed by atoms with E-state index >= 15 is 0 Å². The number of hydrogen-bond acceptors (Lipinski definition) is 2. The highest BCUT2D eigenvalue weighted by Gasteiger charge is 2.35. The fourth-order valence-electron chi connectivity index (χ4n) is 1.66. The first-order valence-electron chi connectivity index (χ1n) is 4.93. The van der Waals surface area contributed by atoms with Gasteiger partial charge in [0.05, 0.1) is 0 Å². The van der Waals surface area contributed by atoms with Gasteiger partial charge in [-0.2, -0.15) is 0 Å². The molecule has 0 N–H and O–H groups in total. The van der Waals surface area contributed by atoms with Crippen LogP contribution in [0, 0.1) is 5.41 Å². The van der Waals surface area contributed by atoms with E-state index in [4.69, 9.17) is 0 Å².